The minimum Gasteiger partial charge on any atom is -0.478 e. The van der Waals surface area contributed by atoms with Crippen LogP contribution in [-0.4, -0.2) is 27.1 Å². The quantitative estimate of drug-likeness (QED) is 0.472. The highest BCUT2D eigenvalue weighted by atomic mass is 35.5. The van der Waals surface area contributed by atoms with Crippen molar-refractivity contribution in [1.29, 1.82) is 0 Å². The standard InChI is InChI=1S/C18H13Cl2FN4O2/c1-10-15(17(20)25(24-10)13-5-2-11(21)3-6-13)9-22-23-12-4-7-16(19)14(8-12)18(26)27/h2-9,23H,1H3,(H,26,27). The number of carbonyl (C=O) groups is 1. The van der Waals surface area contributed by atoms with Crippen molar-refractivity contribution >= 4 is 41.1 Å². The van der Waals surface area contributed by atoms with Crippen LogP contribution in [0.2, 0.25) is 10.2 Å². The van der Waals surface area contributed by atoms with Crippen LogP contribution in [0, 0.1) is 12.7 Å². The zero-order valence-electron chi connectivity index (χ0n) is 13.9. The molecule has 0 amide bonds. The topological polar surface area (TPSA) is 79.5 Å². The van der Waals surface area contributed by atoms with Gasteiger partial charge in [-0.1, -0.05) is 23.2 Å². The summed E-state index contributed by atoms with van der Waals surface area (Å²) in [6, 6.07) is 10.2. The number of anilines is 1. The number of aromatic carboxylic acids is 1. The molecule has 0 spiro atoms. The van der Waals surface area contributed by atoms with Crippen molar-refractivity contribution in [2.45, 2.75) is 6.92 Å². The molecule has 0 aliphatic heterocycles. The van der Waals surface area contributed by atoms with Gasteiger partial charge in [0, 0.05) is 0 Å². The number of benzene rings is 2. The number of hydrogen-bond donors (Lipinski definition) is 2. The van der Waals surface area contributed by atoms with Crippen LogP contribution in [-0.2, 0) is 0 Å². The summed E-state index contributed by atoms with van der Waals surface area (Å²) in [6.07, 6.45) is 1.47. The highest BCUT2D eigenvalue weighted by molar-refractivity contribution is 6.33. The molecule has 0 saturated carbocycles. The number of nitrogens with one attached hydrogen (secondary N) is 1. The number of aromatic nitrogens is 2. The Hall–Kier alpha value is -2.90. The Labute approximate surface area is 163 Å². The maximum atomic E-state index is 13.1. The summed E-state index contributed by atoms with van der Waals surface area (Å²) < 4.78 is 14.6. The van der Waals surface area contributed by atoms with E-state index in [1.54, 1.807) is 25.1 Å². The van der Waals surface area contributed by atoms with Gasteiger partial charge in [0.2, 0.25) is 0 Å². The van der Waals surface area contributed by atoms with E-state index in [2.05, 4.69) is 15.6 Å². The first-order valence-corrected chi connectivity index (χ1v) is 8.45. The van der Waals surface area contributed by atoms with Crippen molar-refractivity contribution in [3.05, 3.63) is 75.3 Å². The van der Waals surface area contributed by atoms with Crippen LogP contribution in [0.15, 0.2) is 47.6 Å². The minimum atomic E-state index is -1.13. The lowest BCUT2D eigenvalue weighted by atomic mass is 10.2. The summed E-state index contributed by atoms with van der Waals surface area (Å²) in [5, 5.41) is 17.9. The van der Waals surface area contributed by atoms with Gasteiger partial charge in [-0.25, -0.2) is 13.9 Å². The summed E-state index contributed by atoms with van der Waals surface area (Å²) in [5.74, 6) is -1.49. The van der Waals surface area contributed by atoms with Gasteiger partial charge < -0.3 is 5.11 Å². The summed E-state index contributed by atoms with van der Waals surface area (Å²) in [6.45, 7) is 1.76. The Kier molecular flexibility index (Phi) is 5.43. The number of rotatable bonds is 5. The number of hydrazone groups is 1. The van der Waals surface area contributed by atoms with Gasteiger partial charge in [0.15, 0.2) is 0 Å². The SMILES string of the molecule is Cc1nn(-c2ccc(F)cc2)c(Cl)c1C=NNc1ccc(Cl)c(C(=O)O)c1. The third-order valence-corrected chi connectivity index (χ3v) is 4.40. The molecule has 3 rings (SSSR count). The molecule has 0 unspecified atom stereocenters. The summed E-state index contributed by atoms with van der Waals surface area (Å²) in [5.41, 5.74) is 4.95. The Morgan fingerprint density at radius 1 is 1.26 bits per heavy atom. The molecule has 0 aliphatic carbocycles. The number of hydrogen-bond acceptors (Lipinski definition) is 4. The number of nitrogens with zero attached hydrogens (tertiary/aromatic N) is 3. The second-order valence-electron chi connectivity index (χ2n) is 5.55. The van der Waals surface area contributed by atoms with Crippen LogP contribution in [0.1, 0.15) is 21.6 Å². The predicted molar refractivity (Wildman–Crippen MR) is 103 cm³/mol. The van der Waals surface area contributed by atoms with Gasteiger partial charge in [-0.15, -0.1) is 0 Å². The van der Waals surface area contributed by atoms with Gasteiger partial charge in [-0.05, 0) is 49.4 Å². The molecule has 27 heavy (non-hydrogen) atoms. The van der Waals surface area contributed by atoms with Gasteiger partial charge in [0.25, 0.3) is 0 Å². The first-order chi connectivity index (χ1) is 12.9. The van der Waals surface area contributed by atoms with Gasteiger partial charge in [-0.2, -0.15) is 10.2 Å². The zero-order valence-corrected chi connectivity index (χ0v) is 15.5. The Bertz CT molecular complexity index is 1030. The van der Waals surface area contributed by atoms with Crippen molar-refractivity contribution in [2.24, 2.45) is 5.10 Å². The largest absolute Gasteiger partial charge is 0.478 e. The molecule has 0 fully saturated rings. The van der Waals surface area contributed by atoms with E-state index in [9.17, 15) is 9.18 Å². The van der Waals surface area contributed by atoms with Crippen LogP contribution in [0.5, 0.6) is 0 Å². The molecule has 1 aromatic heterocycles. The van der Waals surface area contributed by atoms with Crippen LogP contribution < -0.4 is 5.43 Å². The second-order valence-corrected chi connectivity index (χ2v) is 6.31. The van der Waals surface area contributed by atoms with E-state index in [-0.39, 0.29) is 16.4 Å². The monoisotopic (exact) mass is 406 g/mol. The molecular weight excluding hydrogens is 394 g/mol. The average Bonchev–Trinajstić information content (AvgIpc) is 2.91. The molecule has 0 bridgehead atoms. The molecule has 2 aromatic carbocycles. The number of carboxylic acid groups (broad SMARTS) is 1. The van der Waals surface area contributed by atoms with Crippen molar-refractivity contribution in [2.75, 3.05) is 5.43 Å². The maximum Gasteiger partial charge on any atom is 0.337 e. The van der Waals surface area contributed by atoms with E-state index in [1.165, 1.54) is 35.2 Å². The molecule has 3 aromatic rings. The fraction of sp³-hybridized carbons (Fsp3) is 0.0556. The van der Waals surface area contributed by atoms with Crippen LogP contribution in [0.25, 0.3) is 5.69 Å². The fourth-order valence-corrected chi connectivity index (χ4v) is 2.86. The summed E-state index contributed by atoms with van der Waals surface area (Å²) in [7, 11) is 0. The van der Waals surface area contributed by atoms with E-state index in [1.807, 2.05) is 0 Å². The number of carboxylic acids is 1. The third kappa shape index (κ3) is 4.10. The fourth-order valence-electron chi connectivity index (χ4n) is 2.34. The Balaban J connectivity index is 1.83. The molecule has 6 nitrogen and oxygen atoms in total. The lowest BCUT2D eigenvalue weighted by molar-refractivity contribution is 0.0697. The van der Waals surface area contributed by atoms with E-state index < -0.39 is 5.97 Å². The van der Waals surface area contributed by atoms with E-state index >= 15 is 0 Å². The highest BCUT2D eigenvalue weighted by Crippen LogP contribution is 2.23. The molecule has 9 heteroatoms. The molecular formula is C18H13Cl2FN4O2. The van der Waals surface area contributed by atoms with E-state index in [4.69, 9.17) is 28.3 Å². The maximum absolute atomic E-state index is 13.1. The van der Waals surface area contributed by atoms with Gasteiger partial charge in [0.05, 0.1) is 39.4 Å². The first kappa shape index (κ1) is 18.9. The predicted octanol–water partition coefficient (Wildman–Crippen LogP) is 4.77. The van der Waals surface area contributed by atoms with Gasteiger partial charge in [0.1, 0.15) is 11.0 Å². The number of halogens is 3. The average molecular weight is 407 g/mol. The van der Waals surface area contributed by atoms with Crippen LogP contribution >= 0.6 is 23.2 Å². The second kappa shape index (κ2) is 7.77. The molecule has 0 atom stereocenters. The Morgan fingerprint density at radius 3 is 2.63 bits per heavy atom. The lowest BCUT2D eigenvalue weighted by Gasteiger charge is -2.04. The normalized spacial score (nSPS) is 11.1. The number of aryl methyl sites for hydroxylation is 1. The van der Waals surface area contributed by atoms with Gasteiger partial charge in [-0.3, -0.25) is 5.43 Å². The minimum absolute atomic E-state index is 0.0322. The lowest BCUT2D eigenvalue weighted by Crippen LogP contribution is -1.99. The third-order valence-electron chi connectivity index (χ3n) is 3.70. The Morgan fingerprint density at radius 2 is 1.96 bits per heavy atom. The summed E-state index contributed by atoms with van der Waals surface area (Å²) in [4.78, 5) is 11.1. The highest BCUT2D eigenvalue weighted by Gasteiger charge is 2.13. The van der Waals surface area contributed by atoms with Crippen LogP contribution in [0.4, 0.5) is 10.1 Å². The zero-order chi connectivity index (χ0) is 19.6. The van der Waals surface area contributed by atoms with Crippen molar-refractivity contribution in [1.82, 2.24) is 9.78 Å². The first-order valence-electron chi connectivity index (χ1n) is 7.70. The van der Waals surface area contributed by atoms with E-state index in [0.717, 1.165) is 0 Å². The van der Waals surface area contributed by atoms with Crippen molar-refractivity contribution < 1.29 is 14.3 Å². The smallest absolute Gasteiger partial charge is 0.337 e. The van der Waals surface area contributed by atoms with Crippen LogP contribution in [0.3, 0.4) is 0 Å². The van der Waals surface area contributed by atoms with Crippen molar-refractivity contribution in [3.63, 3.8) is 0 Å². The van der Waals surface area contributed by atoms with E-state index in [0.29, 0.717) is 27.8 Å². The molecule has 0 aliphatic rings. The summed E-state index contributed by atoms with van der Waals surface area (Å²) >= 11 is 12.2. The molecule has 0 radical (unpaired) electrons. The molecule has 2 N–H and O–H groups in total. The van der Waals surface area contributed by atoms with Gasteiger partial charge >= 0.3 is 5.97 Å². The molecule has 138 valence electrons. The molecule has 1 heterocycles. The molecule has 0 saturated heterocycles. The van der Waals surface area contributed by atoms with Crippen molar-refractivity contribution in [3.8, 4) is 5.69 Å².